The molecule has 1 aromatic carbocycles. The van der Waals surface area contributed by atoms with Crippen LogP contribution in [-0.2, 0) is 4.79 Å². The number of hydrogen-bond acceptors (Lipinski definition) is 4. The second-order valence-electron chi connectivity index (χ2n) is 5.41. The van der Waals surface area contributed by atoms with Gasteiger partial charge in [-0.2, -0.15) is 0 Å². The Morgan fingerprint density at radius 2 is 2.10 bits per heavy atom. The molecular formula is C15H22N2O3. The number of amides is 1. The van der Waals surface area contributed by atoms with Crippen molar-refractivity contribution in [1.82, 2.24) is 5.32 Å². The van der Waals surface area contributed by atoms with Crippen LogP contribution in [0.4, 0.5) is 0 Å². The minimum atomic E-state index is -0.163. The zero-order valence-corrected chi connectivity index (χ0v) is 12.0. The van der Waals surface area contributed by atoms with Gasteiger partial charge >= 0.3 is 0 Å². The number of hydrogen-bond donors (Lipinski definition) is 2. The first-order valence-corrected chi connectivity index (χ1v) is 6.97. The van der Waals surface area contributed by atoms with E-state index in [1.807, 2.05) is 38.1 Å². The number of carbonyl (C=O) groups is 1. The van der Waals surface area contributed by atoms with Crippen LogP contribution < -0.4 is 20.5 Å². The molecule has 5 heteroatoms. The molecule has 0 saturated heterocycles. The van der Waals surface area contributed by atoms with E-state index in [1.165, 1.54) is 0 Å². The predicted octanol–water partition coefficient (Wildman–Crippen LogP) is 1.32. The fraction of sp³-hybridized carbons (Fsp3) is 0.533. The fourth-order valence-electron chi connectivity index (χ4n) is 1.91. The van der Waals surface area contributed by atoms with E-state index in [2.05, 4.69) is 5.32 Å². The molecule has 1 heterocycles. The van der Waals surface area contributed by atoms with Crippen LogP contribution in [0.15, 0.2) is 24.3 Å². The molecule has 0 aromatic heterocycles. The molecule has 0 radical (unpaired) electrons. The van der Waals surface area contributed by atoms with E-state index in [-0.39, 0.29) is 18.1 Å². The van der Waals surface area contributed by atoms with Gasteiger partial charge in [0.15, 0.2) is 11.5 Å². The first-order chi connectivity index (χ1) is 9.56. The van der Waals surface area contributed by atoms with Gasteiger partial charge in [0, 0.05) is 12.5 Å². The van der Waals surface area contributed by atoms with Crippen LogP contribution >= 0.6 is 0 Å². The largest absolute Gasteiger partial charge is 0.486 e. The lowest BCUT2D eigenvalue weighted by Gasteiger charge is -2.26. The van der Waals surface area contributed by atoms with E-state index in [4.69, 9.17) is 15.2 Å². The zero-order chi connectivity index (χ0) is 14.5. The monoisotopic (exact) mass is 278 g/mol. The molecule has 0 saturated carbocycles. The van der Waals surface area contributed by atoms with Crippen LogP contribution in [0.25, 0.3) is 0 Å². The summed E-state index contributed by atoms with van der Waals surface area (Å²) in [5.74, 6) is 1.71. The summed E-state index contributed by atoms with van der Waals surface area (Å²) in [6.45, 7) is 4.88. The van der Waals surface area contributed by atoms with Gasteiger partial charge < -0.3 is 20.5 Å². The van der Waals surface area contributed by atoms with Crippen molar-refractivity contribution in [2.75, 3.05) is 13.2 Å². The maximum Gasteiger partial charge on any atom is 0.221 e. The molecule has 0 bridgehead atoms. The highest BCUT2D eigenvalue weighted by Crippen LogP contribution is 2.30. The van der Waals surface area contributed by atoms with Crippen molar-refractivity contribution >= 4 is 5.91 Å². The van der Waals surface area contributed by atoms with Gasteiger partial charge in [0.05, 0.1) is 6.54 Å². The number of nitrogens with one attached hydrogen (secondary N) is 1. The Kier molecular flexibility index (Phi) is 4.84. The van der Waals surface area contributed by atoms with E-state index in [0.717, 1.165) is 11.5 Å². The second-order valence-corrected chi connectivity index (χ2v) is 5.41. The normalized spacial score (nSPS) is 18.7. The lowest BCUT2D eigenvalue weighted by molar-refractivity contribution is -0.122. The molecule has 110 valence electrons. The van der Waals surface area contributed by atoms with Gasteiger partial charge in [-0.15, -0.1) is 0 Å². The molecule has 2 unspecified atom stereocenters. The third-order valence-electron chi connectivity index (χ3n) is 3.37. The molecule has 0 aliphatic carbocycles. The van der Waals surface area contributed by atoms with Gasteiger partial charge in [0.1, 0.15) is 12.7 Å². The molecular weight excluding hydrogens is 256 g/mol. The zero-order valence-electron chi connectivity index (χ0n) is 12.0. The lowest BCUT2D eigenvalue weighted by atomic mass is 10.0. The van der Waals surface area contributed by atoms with Crippen molar-refractivity contribution in [3.05, 3.63) is 24.3 Å². The number of carbonyl (C=O) groups excluding carboxylic acids is 1. The molecule has 3 N–H and O–H groups in total. The first kappa shape index (κ1) is 14.7. The van der Waals surface area contributed by atoms with Crippen LogP contribution in [-0.4, -0.2) is 31.2 Å². The highest BCUT2D eigenvalue weighted by atomic mass is 16.6. The van der Waals surface area contributed by atoms with E-state index in [9.17, 15) is 4.79 Å². The van der Waals surface area contributed by atoms with Gasteiger partial charge in [-0.05, 0) is 18.1 Å². The average molecular weight is 278 g/mol. The van der Waals surface area contributed by atoms with E-state index < -0.39 is 0 Å². The number of rotatable bonds is 5. The Bertz CT molecular complexity index is 462. The minimum Gasteiger partial charge on any atom is -0.486 e. The van der Waals surface area contributed by atoms with Crippen molar-refractivity contribution in [1.29, 1.82) is 0 Å². The lowest BCUT2D eigenvalue weighted by Crippen LogP contribution is -2.42. The summed E-state index contributed by atoms with van der Waals surface area (Å²) in [6.07, 6.45) is 0.172. The summed E-state index contributed by atoms with van der Waals surface area (Å²) < 4.78 is 11.4. The smallest absolute Gasteiger partial charge is 0.221 e. The summed E-state index contributed by atoms with van der Waals surface area (Å²) in [5, 5.41) is 2.85. The van der Waals surface area contributed by atoms with Crippen LogP contribution in [0, 0.1) is 5.92 Å². The number of fused-ring (bicyclic) bond motifs is 1. The maximum atomic E-state index is 11.8. The fourth-order valence-corrected chi connectivity index (χ4v) is 1.91. The minimum absolute atomic E-state index is 0.0475. The van der Waals surface area contributed by atoms with Gasteiger partial charge in [-0.25, -0.2) is 0 Å². The molecule has 2 rings (SSSR count). The van der Waals surface area contributed by atoms with Crippen LogP contribution in [0.1, 0.15) is 20.3 Å². The highest BCUT2D eigenvalue weighted by Gasteiger charge is 2.21. The third kappa shape index (κ3) is 3.87. The average Bonchev–Trinajstić information content (AvgIpc) is 2.44. The van der Waals surface area contributed by atoms with Crippen molar-refractivity contribution in [3.8, 4) is 11.5 Å². The first-order valence-electron chi connectivity index (χ1n) is 6.97. The Labute approximate surface area is 119 Å². The van der Waals surface area contributed by atoms with E-state index >= 15 is 0 Å². The van der Waals surface area contributed by atoms with Gasteiger partial charge in [0.25, 0.3) is 0 Å². The molecule has 1 aliphatic rings. The number of ether oxygens (including phenoxy) is 2. The number of benzene rings is 1. The summed E-state index contributed by atoms with van der Waals surface area (Å²) in [4.78, 5) is 11.8. The van der Waals surface area contributed by atoms with Crippen molar-refractivity contribution < 1.29 is 14.3 Å². The second kappa shape index (κ2) is 6.61. The van der Waals surface area contributed by atoms with Gasteiger partial charge in [-0.1, -0.05) is 26.0 Å². The van der Waals surface area contributed by atoms with Crippen molar-refractivity contribution in [3.63, 3.8) is 0 Å². The number of para-hydroxylation sites is 2. The van der Waals surface area contributed by atoms with Gasteiger partial charge in [0.2, 0.25) is 5.91 Å². The molecule has 1 amide bonds. The van der Waals surface area contributed by atoms with Gasteiger partial charge in [-0.3, -0.25) is 4.79 Å². The summed E-state index contributed by atoms with van der Waals surface area (Å²) >= 11 is 0. The van der Waals surface area contributed by atoms with Crippen LogP contribution in [0.5, 0.6) is 11.5 Å². The molecule has 5 nitrogen and oxygen atoms in total. The molecule has 20 heavy (non-hydrogen) atoms. The van der Waals surface area contributed by atoms with Crippen molar-refractivity contribution in [2.45, 2.75) is 32.4 Å². The van der Waals surface area contributed by atoms with E-state index in [1.54, 1.807) is 0 Å². The SMILES string of the molecule is CC(C)C(N)CC(=O)NCC1COc2ccccc2O1. The standard InChI is InChI=1S/C15H22N2O3/c1-10(2)12(16)7-15(18)17-8-11-9-19-13-5-3-4-6-14(13)20-11/h3-6,10-12H,7-9,16H2,1-2H3,(H,17,18). The Morgan fingerprint density at radius 1 is 1.40 bits per heavy atom. The predicted molar refractivity (Wildman–Crippen MR) is 76.8 cm³/mol. The summed E-state index contributed by atoms with van der Waals surface area (Å²) in [7, 11) is 0. The quantitative estimate of drug-likeness (QED) is 0.852. The van der Waals surface area contributed by atoms with Crippen LogP contribution in [0.3, 0.4) is 0 Å². The van der Waals surface area contributed by atoms with Crippen LogP contribution in [0.2, 0.25) is 0 Å². The highest BCUT2D eigenvalue weighted by molar-refractivity contribution is 5.76. The Balaban J connectivity index is 1.77. The maximum absolute atomic E-state index is 11.8. The third-order valence-corrected chi connectivity index (χ3v) is 3.37. The molecule has 0 fully saturated rings. The molecule has 2 atom stereocenters. The Morgan fingerprint density at radius 3 is 2.80 bits per heavy atom. The van der Waals surface area contributed by atoms with E-state index in [0.29, 0.717) is 25.5 Å². The number of nitrogens with two attached hydrogens (primary N) is 1. The molecule has 1 aliphatic heterocycles. The van der Waals surface area contributed by atoms with Crippen molar-refractivity contribution in [2.24, 2.45) is 11.7 Å². The summed E-state index contributed by atoms with van der Waals surface area (Å²) in [5.41, 5.74) is 5.87. The summed E-state index contributed by atoms with van der Waals surface area (Å²) in [6, 6.07) is 7.41. The topological polar surface area (TPSA) is 73.6 Å². The molecule has 0 spiro atoms. The molecule has 1 aromatic rings. The Hall–Kier alpha value is -1.75.